The summed E-state index contributed by atoms with van der Waals surface area (Å²) >= 11 is 0. The number of benzene rings is 1. The third-order valence-electron chi connectivity index (χ3n) is 2.59. The molecule has 0 fully saturated rings. The predicted octanol–water partition coefficient (Wildman–Crippen LogP) is 0.728. The average Bonchev–Trinajstić information content (AvgIpc) is 2.91. The van der Waals surface area contributed by atoms with Gasteiger partial charge in [-0.3, -0.25) is 4.79 Å². The molecule has 1 amide bonds. The van der Waals surface area contributed by atoms with Gasteiger partial charge in [0.15, 0.2) is 0 Å². The summed E-state index contributed by atoms with van der Waals surface area (Å²) in [5, 5.41) is 13.7. The molecule has 1 unspecified atom stereocenters. The van der Waals surface area contributed by atoms with Crippen LogP contribution >= 0.6 is 0 Å². The zero-order valence-corrected chi connectivity index (χ0v) is 10.7. The van der Waals surface area contributed by atoms with Gasteiger partial charge >= 0.3 is 0 Å². The van der Waals surface area contributed by atoms with Crippen LogP contribution in [-0.4, -0.2) is 32.2 Å². The molecule has 0 bridgehead atoms. The van der Waals surface area contributed by atoms with Crippen molar-refractivity contribution < 1.29 is 4.79 Å². The molecule has 0 spiro atoms. The molecule has 7 heteroatoms. The molecule has 1 aromatic heterocycles. The Balaban J connectivity index is 1.94. The number of nitrogens with two attached hydrogens (primary N) is 1. The van der Waals surface area contributed by atoms with Gasteiger partial charge in [-0.05, 0) is 48.0 Å². The Morgan fingerprint density at radius 3 is 2.74 bits per heavy atom. The van der Waals surface area contributed by atoms with Crippen molar-refractivity contribution >= 4 is 11.6 Å². The summed E-state index contributed by atoms with van der Waals surface area (Å²) in [6, 6.07) is 7.31. The van der Waals surface area contributed by atoms with E-state index in [0.29, 0.717) is 12.8 Å². The maximum Gasteiger partial charge on any atom is 0.224 e. The van der Waals surface area contributed by atoms with E-state index >= 15 is 0 Å². The number of tetrazole rings is 1. The third-order valence-corrected chi connectivity index (χ3v) is 2.59. The predicted molar refractivity (Wildman–Crippen MR) is 70.7 cm³/mol. The highest BCUT2D eigenvalue weighted by Gasteiger charge is 2.04. The molecular formula is C12H16N6O. The largest absolute Gasteiger partial charge is 0.328 e. The van der Waals surface area contributed by atoms with Gasteiger partial charge in [-0.2, -0.15) is 0 Å². The molecule has 1 aromatic carbocycles. The number of carbonyl (C=O) groups excluding carboxylic acids is 1. The van der Waals surface area contributed by atoms with Crippen molar-refractivity contribution in [1.29, 1.82) is 0 Å². The van der Waals surface area contributed by atoms with E-state index in [9.17, 15) is 4.79 Å². The van der Waals surface area contributed by atoms with E-state index in [2.05, 4.69) is 20.8 Å². The van der Waals surface area contributed by atoms with E-state index in [4.69, 9.17) is 5.73 Å². The molecule has 19 heavy (non-hydrogen) atoms. The summed E-state index contributed by atoms with van der Waals surface area (Å²) < 4.78 is 1.54. The zero-order valence-electron chi connectivity index (χ0n) is 10.7. The highest BCUT2D eigenvalue weighted by atomic mass is 16.1. The molecular weight excluding hydrogens is 244 g/mol. The number of carbonyl (C=O) groups is 1. The van der Waals surface area contributed by atoms with Crippen LogP contribution in [0.15, 0.2) is 30.6 Å². The lowest BCUT2D eigenvalue weighted by Crippen LogP contribution is -2.19. The van der Waals surface area contributed by atoms with E-state index < -0.39 is 0 Å². The first-order chi connectivity index (χ1) is 9.15. The molecule has 0 saturated carbocycles. The second kappa shape index (κ2) is 6.05. The summed E-state index contributed by atoms with van der Waals surface area (Å²) in [7, 11) is 0. The fourth-order valence-electron chi connectivity index (χ4n) is 1.56. The molecule has 7 nitrogen and oxygen atoms in total. The number of aromatic nitrogens is 4. The molecule has 3 N–H and O–H groups in total. The van der Waals surface area contributed by atoms with Crippen LogP contribution in [0.4, 0.5) is 5.69 Å². The molecule has 100 valence electrons. The van der Waals surface area contributed by atoms with E-state index in [1.54, 1.807) is 16.8 Å². The van der Waals surface area contributed by atoms with Crippen molar-refractivity contribution in [3.8, 4) is 5.69 Å². The van der Waals surface area contributed by atoms with Crippen molar-refractivity contribution in [2.24, 2.45) is 5.73 Å². The summed E-state index contributed by atoms with van der Waals surface area (Å²) in [6.45, 7) is 1.88. The van der Waals surface area contributed by atoms with E-state index in [1.807, 2.05) is 19.1 Å². The number of amides is 1. The van der Waals surface area contributed by atoms with Crippen LogP contribution in [0.25, 0.3) is 5.69 Å². The maximum absolute atomic E-state index is 11.6. The smallest absolute Gasteiger partial charge is 0.224 e. The number of nitrogens with one attached hydrogen (secondary N) is 1. The molecule has 1 atom stereocenters. The van der Waals surface area contributed by atoms with Gasteiger partial charge in [0.2, 0.25) is 5.91 Å². The van der Waals surface area contributed by atoms with Crippen LogP contribution in [0.5, 0.6) is 0 Å². The summed E-state index contributed by atoms with van der Waals surface area (Å²) in [6.07, 6.45) is 2.61. The quantitative estimate of drug-likeness (QED) is 0.825. The Morgan fingerprint density at radius 1 is 1.42 bits per heavy atom. The molecule has 0 radical (unpaired) electrons. The van der Waals surface area contributed by atoms with Gasteiger partial charge in [0.05, 0.1) is 5.69 Å². The monoisotopic (exact) mass is 260 g/mol. The third kappa shape index (κ3) is 3.85. The van der Waals surface area contributed by atoms with E-state index in [0.717, 1.165) is 11.4 Å². The lowest BCUT2D eigenvalue weighted by molar-refractivity contribution is -0.116. The van der Waals surface area contributed by atoms with Gasteiger partial charge in [0.1, 0.15) is 6.33 Å². The number of nitrogens with zero attached hydrogens (tertiary/aromatic N) is 4. The average molecular weight is 260 g/mol. The van der Waals surface area contributed by atoms with Crippen molar-refractivity contribution in [3.63, 3.8) is 0 Å². The van der Waals surface area contributed by atoms with Crippen molar-refractivity contribution in [2.45, 2.75) is 25.8 Å². The zero-order chi connectivity index (χ0) is 13.7. The van der Waals surface area contributed by atoms with Crippen molar-refractivity contribution in [1.82, 2.24) is 20.2 Å². The first kappa shape index (κ1) is 13.2. The van der Waals surface area contributed by atoms with Gasteiger partial charge in [-0.25, -0.2) is 4.68 Å². The maximum atomic E-state index is 11.6. The second-order valence-corrected chi connectivity index (χ2v) is 4.37. The summed E-state index contributed by atoms with van der Waals surface area (Å²) in [5.74, 6) is -0.0347. The molecule has 0 aliphatic heterocycles. The molecule has 0 saturated heterocycles. The lowest BCUT2D eigenvalue weighted by Gasteiger charge is -2.07. The minimum Gasteiger partial charge on any atom is -0.328 e. The van der Waals surface area contributed by atoms with E-state index in [-0.39, 0.29) is 11.9 Å². The Labute approximate surface area is 110 Å². The normalized spacial score (nSPS) is 12.1. The van der Waals surface area contributed by atoms with Gasteiger partial charge in [-0.1, -0.05) is 0 Å². The second-order valence-electron chi connectivity index (χ2n) is 4.37. The van der Waals surface area contributed by atoms with Crippen LogP contribution in [0.2, 0.25) is 0 Å². The Morgan fingerprint density at radius 2 is 2.16 bits per heavy atom. The highest BCUT2D eigenvalue weighted by Crippen LogP contribution is 2.12. The summed E-state index contributed by atoms with van der Waals surface area (Å²) in [4.78, 5) is 11.6. The minimum atomic E-state index is -0.0347. The van der Waals surface area contributed by atoms with Crippen LogP contribution in [-0.2, 0) is 4.79 Å². The first-order valence-corrected chi connectivity index (χ1v) is 6.04. The van der Waals surface area contributed by atoms with Gasteiger partial charge in [0, 0.05) is 18.2 Å². The molecule has 2 rings (SSSR count). The number of anilines is 1. The van der Waals surface area contributed by atoms with Crippen LogP contribution < -0.4 is 11.1 Å². The van der Waals surface area contributed by atoms with Crippen molar-refractivity contribution in [3.05, 3.63) is 30.6 Å². The molecule has 2 aromatic rings. The van der Waals surface area contributed by atoms with Gasteiger partial charge < -0.3 is 11.1 Å². The Bertz CT molecular complexity index is 520. The SMILES string of the molecule is CC(N)CCC(=O)Nc1ccc(-n2cnnn2)cc1. The fourth-order valence-corrected chi connectivity index (χ4v) is 1.56. The van der Waals surface area contributed by atoms with Gasteiger partial charge in [0.25, 0.3) is 0 Å². The lowest BCUT2D eigenvalue weighted by atomic mass is 10.2. The van der Waals surface area contributed by atoms with Crippen LogP contribution in [0.1, 0.15) is 19.8 Å². The highest BCUT2D eigenvalue weighted by molar-refractivity contribution is 5.90. The first-order valence-electron chi connectivity index (χ1n) is 6.04. The van der Waals surface area contributed by atoms with Crippen LogP contribution in [0.3, 0.4) is 0 Å². The van der Waals surface area contributed by atoms with Crippen molar-refractivity contribution in [2.75, 3.05) is 5.32 Å². The molecule has 0 aliphatic rings. The number of hydrogen-bond donors (Lipinski definition) is 2. The molecule has 1 heterocycles. The standard InChI is InChI=1S/C12H16N6O/c1-9(13)2-7-12(19)15-10-3-5-11(6-4-10)18-8-14-16-17-18/h3-6,8-9H,2,7,13H2,1H3,(H,15,19). The fraction of sp³-hybridized carbons (Fsp3) is 0.333. The number of rotatable bonds is 5. The minimum absolute atomic E-state index is 0.0347. The van der Waals surface area contributed by atoms with Crippen LogP contribution in [0, 0.1) is 0 Å². The number of hydrogen-bond acceptors (Lipinski definition) is 5. The van der Waals surface area contributed by atoms with Gasteiger partial charge in [-0.15, -0.1) is 5.10 Å². The Hall–Kier alpha value is -2.28. The van der Waals surface area contributed by atoms with E-state index in [1.165, 1.54) is 6.33 Å². The Kier molecular flexibility index (Phi) is 4.19. The summed E-state index contributed by atoms with van der Waals surface area (Å²) in [5.41, 5.74) is 7.18. The topological polar surface area (TPSA) is 98.7 Å². The molecule has 0 aliphatic carbocycles.